The third kappa shape index (κ3) is 42.9. The van der Waals surface area contributed by atoms with E-state index in [-0.39, 0.29) is 32.6 Å². The van der Waals surface area contributed by atoms with Gasteiger partial charge in [-0.25, -0.2) is 4.57 Å². The van der Waals surface area contributed by atoms with Crippen molar-refractivity contribution in [2.45, 2.75) is 187 Å². The number of unbranched alkanes of at least 4 members (excludes halogenated alkanes) is 19. The Kier molecular flexibility index (Phi) is 41.1. The number of carbonyl (C=O) groups is 2. The topological polar surface area (TPSA) is 134 Å². The second-order valence-corrected chi connectivity index (χ2v) is 16.1. The Morgan fingerprint density at radius 2 is 1.04 bits per heavy atom. The fourth-order valence-corrected chi connectivity index (χ4v) is 6.62. The molecule has 0 aromatic carbocycles. The zero-order valence-corrected chi connectivity index (χ0v) is 36.9. The molecule has 0 saturated carbocycles. The predicted octanol–water partition coefficient (Wildman–Crippen LogP) is 13.1. The van der Waals surface area contributed by atoms with E-state index in [9.17, 15) is 19.0 Å². The molecule has 0 saturated heterocycles. The van der Waals surface area contributed by atoms with E-state index in [1.807, 2.05) is 36.5 Å². The van der Waals surface area contributed by atoms with E-state index in [1.54, 1.807) is 0 Å². The van der Waals surface area contributed by atoms with Crippen LogP contribution in [-0.4, -0.2) is 49.3 Å². The standard InChI is InChI=1S/C47H82NO8P/c1-3-5-7-9-11-13-15-17-18-19-20-21-22-23-24-25-26-28-29-31-33-35-37-39-46(49)53-43-45(44-55-57(51,52)54-42-41-48)56-47(50)40-38-36-34-32-30-27-16-14-12-10-8-6-4-2/h6,8,10,12,14,16,20-21,23-24,27,30,45H,3-5,7,9,11,13,15,17-19,22,25-26,28-29,31-44,48H2,1-2H3,(H,51,52)/b8-6+,12-10+,16-14+,21-20+,24-23+,30-27+. The third-order valence-electron chi connectivity index (χ3n) is 9.17. The number of phosphoric ester groups is 1. The van der Waals surface area contributed by atoms with E-state index in [0.717, 1.165) is 57.8 Å². The number of nitrogens with two attached hydrogens (primary N) is 1. The summed E-state index contributed by atoms with van der Waals surface area (Å²) in [5.41, 5.74) is 5.34. The van der Waals surface area contributed by atoms with E-state index in [0.29, 0.717) is 12.8 Å². The maximum atomic E-state index is 12.5. The highest BCUT2D eigenvalue weighted by Gasteiger charge is 2.26. The van der Waals surface area contributed by atoms with Crippen molar-refractivity contribution in [3.8, 4) is 0 Å². The van der Waals surface area contributed by atoms with Crippen LogP contribution in [0.3, 0.4) is 0 Å². The monoisotopic (exact) mass is 820 g/mol. The molecular formula is C47H82NO8P. The molecule has 2 atom stereocenters. The van der Waals surface area contributed by atoms with E-state index in [1.165, 1.54) is 83.5 Å². The summed E-state index contributed by atoms with van der Waals surface area (Å²) >= 11 is 0. The zero-order chi connectivity index (χ0) is 41.8. The van der Waals surface area contributed by atoms with Crippen LogP contribution in [-0.2, 0) is 32.7 Å². The molecule has 0 spiro atoms. The van der Waals surface area contributed by atoms with Gasteiger partial charge in [0.15, 0.2) is 6.10 Å². The summed E-state index contributed by atoms with van der Waals surface area (Å²) in [7, 11) is -4.39. The van der Waals surface area contributed by atoms with Crippen molar-refractivity contribution in [1.82, 2.24) is 0 Å². The van der Waals surface area contributed by atoms with Crippen molar-refractivity contribution in [3.63, 3.8) is 0 Å². The molecule has 10 heteroatoms. The van der Waals surface area contributed by atoms with Crippen LogP contribution >= 0.6 is 7.82 Å². The van der Waals surface area contributed by atoms with Crippen LogP contribution in [0.15, 0.2) is 72.9 Å². The zero-order valence-electron chi connectivity index (χ0n) is 36.0. The number of rotatable bonds is 41. The summed E-state index contributed by atoms with van der Waals surface area (Å²) in [6, 6.07) is 0. The van der Waals surface area contributed by atoms with Crippen molar-refractivity contribution in [2.75, 3.05) is 26.4 Å². The maximum Gasteiger partial charge on any atom is 0.472 e. The molecule has 2 unspecified atom stereocenters. The molecule has 0 aliphatic carbocycles. The molecular weight excluding hydrogens is 737 g/mol. The lowest BCUT2D eigenvalue weighted by molar-refractivity contribution is -0.161. The Morgan fingerprint density at radius 1 is 0.561 bits per heavy atom. The first kappa shape index (κ1) is 54.5. The molecule has 3 N–H and O–H groups in total. The lowest BCUT2D eigenvalue weighted by Gasteiger charge is -2.19. The molecule has 57 heavy (non-hydrogen) atoms. The van der Waals surface area contributed by atoms with Gasteiger partial charge in [-0.05, 0) is 64.2 Å². The largest absolute Gasteiger partial charge is 0.472 e. The van der Waals surface area contributed by atoms with Gasteiger partial charge in [-0.15, -0.1) is 0 Å². The molecule has 0 aliphatic heterocycles. The average Bonchev–Trinajstić information content (AvgIpc) is 3.20. The normalized spacial score (nSPS) is 14.0. The Morgan fingerprint density at radius 3 is 1.60 bits per heavy atom. The summed E-state index contributed by atoms with van der Waals surface area (Å²) < 4.78 is 32.7. The van der Waals surface area contributed by atoms with E-state index in [4.69, 9.17) is 24.3 Å². The summed E-state index contributed by atoms with van der Waals surface area (Å²) in [5, 5.41) is 0. The fourth-order valence-electron chi connectivity index (χ4n) is 5.85. The first-order valence-electron chi connectivity index (χ1n) is 22.5. The van der Waals surface area contributed by atoms with Gasteiger partial charge in [0, 0.05) is 19.4 Å². The van der Waals surface area contributed by atoms with Crippen molar-refractivity contribution < 1.29 is 37.6 Å². The minimum atomic E-state index is -4.39. The van der Waals surface area contributed by atoms with Gasteiger partial charge in [0.25, 0.3) is 0 Å². The number of allylic oxidation sites excluding steroid dienone is 12. The van der Waals surface area contributed by atoms with Crippen LogP contribution in [0.5, 0.6) is 0 Å². The molecule has 0 aromatic heterocycles. The van der Waals surface area contributed by atoms with Gasteiger partial charge >= 0.3 is 19.8 Å². The lowest BCUT2D eigenvalue weighted by atomic mass is 10.1. The van der Waals surface area contributed by atoms with Crippen LogP contribution in [0.25, 0.3) is 0 Å². The summed E-state index contributed by atoms with van der Waals surface area (Å²) in [6.07, 6.45) is 52.3. The van der Waals surface area contributed by atoms with Crippen LogP contribution in [0, 0.1) is 0 Å². The number of phosphoric acid groups is 1. The minimum Gasteiger partial charge on any atom is -0.462 e. The average molecular weight is 820 g/mol. The lowest BCUT2D eigenvalue weighted by Crippen LogP contribution is -2.29. The summed E-state index contributed by atoms with van der Waals surface area (Å²) in [6.45, 7) is 3.52. The van der Waals surface area contributed by atoms with Gasteiger partial charge in [-0.1, -0.05) is 177 Å². The molecule has 0 amide bonds. The second-order valence-electron chi connectivity index (χ2n) is 14.6. The highest BCUT2D eigenvalue weighted by Crippen LogP contribution is 2.43. The number of hydrogen-bond donors (Lipinski definition) is 2. The smallest absolute Gasteiger partial charge is 0.462 e. The van der Waals surface area contributed by atoms with E-state index >= 15 is 0 Å². The van der Waals surface area contributed by atoms with Gasteiger partial charge in [0.2, 0.25) is 0 Å². The second kappa shape index (κ2) is 43.0. The van der Waals surface area contributed by atoms with Gasteiger partial charge in [0.1, 0.15) is 6.61 Å². The number of carbonyl (C=O) groups excluding carboxylic acids is 2. The molecule has 0 radical (unpaired) electrons. The minimum absolute atomic E-state index is 0.0417. The van der Waals surface area contributed by atoms with E-state index in [2.05, 4.69) is 50.3 Å². The molecule has 0 bridgehead atoms. The summed E-state index contributed by atoms with van der Waals surface area (Å²) in [4.78, 5) is 34.8. The van der Waals surface area contributed by atoms with Gasteiger partial charge in [-0.2, -0.15) is 0 Å². The van der Waals surface area contributed by atoms with Crippen LogP contribution < -0.4 is 5.73 Å². The van der Waals surface area contributed by atoms with Crippen molar-refractivity contribution >= 4 is 19.8 Å². The van der Waals surface area contributed by atoms with Crippen LogP contribution in [0.1, 0.15) is 181 Å². The Balaban J connectivity index is 4.13. The third-order valence-corrected chi connectivity index (χ3v) is 10.2. The number of esters is 2. The van der Waals surface area contributed by atoms with Crippen LogP contribution in [0.4, 0.5) is 0 Å². The Labute approximate surface area is 348 Å². The molecule has 0 aromatic rings. The number of hydrogen-bond acceptors (Lipinski definition) is 8. The fraction of sp³-hybridized carbons (Fsp3) is 0.702. The molecule has 0 heterocycles. The molecule has 9 nitrogen and oxygen atoms in total. The summed E-state index contributed by atoms with van der Waals surface area (Å²) in [5.74, 6) is -0.888. The van der Waals surface area contributed by atoms with Crippen molar-refractivity contribution in [2.24, 2.45) is 5.73 Å². The van der Waals surface area contributed by atoms with Gasteiger partial charge in [0.05, 0.1) is 13.2 Å². The van der Waals surface area contributed by atoms with Gasteiger partial charge < -0.3 is 20.1 Å². The Bertz CT molecular complexity index is 1160. The first-order valence-corrected chi connectivity index (χ1v) is 24.0. The SMILES string of the molecule is CC/C=C/C=C/C=C/C=C/CCCCCC(=O)OC(COC(=O)CCCCCCCCC/C=C/C/C=C/CCCCCCCCCCC)COP(=O)(O)OCCN. The predicted molar refractivity (Wildman–Crippen MR) is 238 cm³/mol. The molecule has 328 valence electrons. The maximum absolute atomic E-state index is 12.5. The highest BCUT2D eigenvalue weighted by atomic mass is 31.2. The molecule has 0 fully saturated rings. The quantitative estimate of drug-likeness (QED) is 0.0203. The van der Waals surface area contributed by atoms with Gasteiger partial charge in [-0.3, -0.25) is 18.6 Å². The van der Waals surface area contributed by atoms with E-state index < -0.39 is 32.5 Å². The van der Waals surface area contributed by atoms with Crippen molar-refractivity contribution in [3.05, 3.63) is 72.9 Å². The highest BCUT2D eigenvalue weighted by molar-refractivity contribution is 7.47. The van der Waals surface area contributed by atoms with Crippen LogP contribution in [0.2, 0.25) is 0 Å². The molecule has 0 rings (SSSR count). The first-order chi connectivity index (χ1) is 27.8. The molecule has 0 aliphatic rings. The van der Waals surface area contributed by atoms with Crippen molar-refractivity contribution in [1.29, 1.82) is 0 Å². The number of ether oxygens (including phenoxy) is 2. The Hall–Kier alpha value is -2.55.